The molecule has 0 aromatic carbocycles. The minimum atomic E-state index is -0.0833. The van der Waals surface area contributed by atoms with Crippen molar-refractivity contribution in [1.82, 2.24) is 4.90 Å². The highest BCUT2D eigenvalue weighted by molar-refractivity contribution is 5.77. The van der Waals surface area contributed by atoms with E-state index < -0.39 is 0 Å². The third-order valence-corrected chi connectivity index (χ3v) is 1.53. The lowest BCUT2D eigenvalue weighted by atomic mass is 10.2. The van der Waals surface area contributed by atoms with E-state index in [4.69, 9.17) is 9.53 Å². The van der Waals surface area contributed by atoms with Gasteiger partial charge in [-0.05, 0) is 14.1 Å². The van der Waals surface area contributed by atoms with Gasteiger partial charge in [-0.1, -0.05) is 0 Å². The minimum Gasteiger partial charge on any atom is -0.464 e. The summed E-state index contributed by atoms with van der Waals surface area (Å²) in [6, 6.07) is 0.00463. The second-order valence-corrected chi connectivity index (χ2v) is 2.44. The van der Waals surface area contributed by atoms with E-state index in [0.29, 0.717) is 6.61 Å². The molecule has 0 radical (unpaired) electrons. The van der Waals surface area contributed by atoms with Crippen LogP contribution < -0.4 is 0 Å². The molecule has 1 fully saturated rings. The summed E-state index contributed by atoms with van der Waals surface area (Å²) in [5.74, 6) is -0.0833. The van der Waals surface area contributed by atoms with Crippen LogP contribution >= 0.6 is 0 Å². The van der Waals surface area contributed by atoms with E-state index >= 15 is 0 Å². The van der Waals surface area contributed by atoms with E-state index in [2.05, 4.69) is 0 Å². The van der Waals surface area contributed by atoms with Gasteiger partial charge in [0.05, 0.1) is 6.61 Å². The molecule has 1 unspecified atom stereocenters. The van der Waals surface area contributed by atoms with Crippen LogP contribution in [0.15, 0.2) is 0 Å². The highest BCUT2D eigenvalue weighted by Crippen LogP contribution is 2.09. The molecule has 4 nitrogen and oxygen atoms in total. The minimum absolute atomic E-state index is 0.00463. The Labute approximate surface area is 66.1 Å². The van der Waals surface area contributed by atoms with E-state index in [1.54, 1.807) is 0 Å². The molecule has 1 atom stereocenters. The van der Waals surface area contributed by atoms with Gasteiger partial charge in [-0.25, -0.2) is 0 Å². The molecule has 0 aromatic rings. The first-order chi connectivity index (χ1) is 5.22. The van der Waals surface area contributed by atoms with E-state index in [0.717, 1.165) is 6.42 Å². The van der Waals surface area contributed by atoms with Crippen LogP contribution in [0.4, 0.5) is 0 Å². The summed E-state index contributed by atoms with van der Waals surface area (Å²) in [5, 5.41) is 0. The SMILES string of the molecule is C=O.CN(C)C1CCOC1=O. The van der Waals surface area contributed by atoms with Crippen molar-refractivity contribution in [1.29, 1.82) is 0 Å². The predicted molar refractivity (Wildman–Crippen MR) is 40.2 cm³/mol. The quantitative estimate of drug-likeness (QED) is 0.492. The van der Waals surface area contributed by atoms with Crippen molar-refractivity contribution in [3.05, 3.63) is 0 Å². The second-order valence-electron chi connectivity index (χ2n) is 2.44. The molecule has 0 aromatic heterocycles. The molecule has 1 heterocycles. The summed E-state index contributed by atoms with van der Waals surface area (Å²) >= 11 is 0. The molecule has 0 bridgehead atoms. The average molecular weight is 159 g/mol. The van der Waals surface area contributed by atoms with Crippen LogP contribution in [-0.2, 0) is 14.3 Å². The first-order valence-electron chi connectivity index (χ1n) is 3.34. The second kappa shape index (κ2) is 4.85. The smallest absolute Gasteiger partial charge is 0.323 e. The van der Waals surface area contributed by atoms with Crippen LogP contribution in [0.1, 0.15) is 6.42 Å². The van der Waals surface area contributed by atoms with E-state index in [9.17, 15) is 4.79 Å². The summed E-state index contributed by atoms with van der Waals surface area (Å²) in [5.41, 5.74) is 0. The molecule has 0 amide bonds. The van der Waals surface area contributed by atoms with Gasteiger partial charge in [0.15, 0.2) is 0 Å². The predicted octanol–water partition coefficient (Wildman–Crippen LogP) is -0.321. The van der Waals surface area contributed by atoms with Gasteiger partial charge in [0.25, 0.3) is 0 Å². The Hall–Kier alpha value is -0.900. The molecule has 64 valence electrons. The van der Waals surface area contributed by atoms with Crippen molar-refractivity contribution < 1.29 is 14.3 Å². The molecule has 1 aliphatic rings. The maximum Gasteiger partial charge on any atom is 0.323 e. The molecule has 1 aliphatic heterocycles. The van der Waals surface area contributed by atoms with Gasteiger partial charge in [-0.15, -0.1) is 0 Å². The zero-order valence-electron chi connectivity index (χ0n) is 6.87. The van der Waals surface area contributed by atoms with Crippen molar-refractivity contribution in [3.63, 3.8) is 0 Å². The Kier molecular flexibility index (Phi) is 4.45. The molecule has 11 heavy (non-hydrogen) atoms. The number of nitrogens with zero attached hydrogens (tertiary/aromatic N) is 1. The van der Waals surface area contributed by atoms with Crippen LogP contribution in [0.2, 0.25) is 0 Å². The van der Waals surface area contributed by atoms with Crippen LogP contribution in [-0.4, -0.2) is 44.4 Å². The molecule has 1 saturated heterocycles. The summed E-state index contributed by atoms with van der Waals surface area (Å²) in [6.07, 6.45) is 0.839. The molecule has 0 aliphatic carbocycles. The van der Waals surface area contributed by atoms with Crippen LogP contribution in [0.3, 0.4) is 0 Å². The van der Waals surface area contributed by atoms with Crippen molar-refractivity contribution in [3.8, 4) is 0 Å². The Balaban J connectivity index is 0.000000461. The molecule has 1 rings (SSSR count). The number of carbonyl (C=O) groups is 2. The van der Waals surface area contributed by atoms with Crippen molar-refractivity contribution in [2.75, 3.05) is 20.7 Å². The zero-order valence-corrected chi connectivity index (χ0v) is 6.87. The number of carbonyl (C=O) groups excluding carboxylic acids is 2. The van der Waals surface area contributed by atoms with Crippen LogP contribution in [0.25, 0.3) is 0 Å². The number of ether oxygens (including phenoxy) is 1. The topological polar surface area (TPSA) is 46.6 Å². The van der Waals surface area contributed by atoms with Gasteiger partial charge in [0.2, 0.25) is 0 Å². The maximum atomic E-state index is 10.8. The number of likely N-dealkylation sites (N-methyl/N-ethyl adjacent to an activating group) is 1. The van der Waals surface area contributed by atoms with Crippen LogP contribution in [0.5, 0.6) is 0 Å². The maximum absolute atomic E-state index is 10.8. The molecule has 0 saturated carbocycles. The van der Waals surface area contributed by atoms with Gasteiger partial charge in [0.1, 0.15) is 12.8 Å². The number of rotatable bonds is 1. The third-order valence-electron chi connectivity index (χ3n) is 1.53. The Morgan fingerprint density at radius 3 is 2.27 bits per heavy atom. The normalized spacial score (nSPS) is 22.5. The zero-order chi connectivity index (χ0) is 8.85. The first-order valence-corrected chi connectivity index (χ1v) is 3.34. The third kappa shape index (κ3) is 2.67. The Bertz CT molecular complexity index is 136. The van der Waals surface area contributed by atoms with E-state index in [1.807, 2.05) is 25.8 Å². The standard InChI is InChI=1S/C6H11NO2.CH2O/c1-7(2)5-3-4-9-6(5)8;1-2/h5H,3-4H2,1-2H3;1H2. The molecular weight excluding hydrogens is 146 g/mol. The average Bonchev–Trinajstić information content (AvgIpc) is 2.39. The Morgan fingerprint density at radius 1 is 1.55 bits per heavy atom. The monoisotopic (exact) mass is 159 g/mol. The van der Waals surface area contributed by atoms with Gasteiger partial charge >= 0.3 is 5.97 Å². The van der Waals surface area contributed by atoms with Gasteiger partial charge in [0, 0.05) is 6.42 Å². The highest BCUT2D eigenvalue weighted by Gasteiger charge is 2.27. The summed E-state index contributed by atoms with van der Waals surface area (Å²) in [7, 11) is 3.77. The lowest BCUT2D eigenvalue weighted by molar-refractivity contribution is -0.141. The molecule has 4 heteroatoms. The van der Waals surface area contributed by atoms with E-state index in [-0.39, 0.29) is 12.0 Å². The summed E-state index contributed by atoms with van der Waals surface area (Å²) in [6.45, 7) is 2.58. The summed E-state index contributed by atoms with van der Waals surface area (Å²) < 4.78 is 4.75. The van der Waals surface area contributed by atoms with Gasteiger partial charge < -0.3 is 9.53 Å². The van der Waals surface area contributed by atoms with Gasteiger partial charge in [-0.2, -0.15) is 0 Å². The number of hydrogen-bond donors (Lipinski definition) is 0. The number of hydrogen-bond acceptors (Lipinski definition) is 4. The van der Waals surface area contributed by atoms with Gasteiger partial charge in [-0.3, -0.25) is 9.69 Å². The fourth-order valence-corrected chi connectivity index (χ4v) is 0.954. The largest absolute Gasteiger partial charge is 0.464 e. The summed E-state index contributed by atoms with van der Waals surface area (Å²) in [4.78, 5) is 20.6. The highest BCUT2D eigenvalue weighted by atomic mass is 16.5. The van der Waals surface area contributed by atoms with Crippen LogP contribution in [0, 0.1) is 0 Å². The molecule has 0 spiro atoms. The van der Waals surface area contributed by atoms with Crippen molar-refractivity contribution >= 4 is 12.8 Å². The number of esters is 1. The fourth-order valence-electron chi connectivity index (χ4n) is 0.954. The van der Waals surface area contributed by atoms with Crippen molar-refractivity contribution in [2.24, 2.45) is 0 Å². The lowest BCUT2D eigenvalue weighted by Crippen LogP contribution is -2.31. The molecule has 0 N–H and O–H groups in total. The molecular formula is C7H13NO3. The first kappa shape index (κ1) is 10.1. The lowest BCUT2D eigenvalue weighted by Gasteiger charge is -2.13. The fraction of sp³-hybridized carbons (Fsp3) is 0.714. The van der Waals surface area contributed by atoms with Crippen molar-refractivity contribution in [2.45, 2.75) is 12.5 Å². The number of cyclic esters (lactones) is 1. The Morgan fingerprint density at radius 2 is 2.09 bits per heavy atom. The van der Waals surface area contributed by atoms with E-state index in [1.165, 1.54) is 0 Å².